The van der Waals surface area contributed by atoms with Crippen LogP contribution in [0.1, 0.15) is 19.8 Å². The summed E-state index contributed by atoms with van der Waals surface area (Å²) in [4.78, 5) is 35.1. The molecule has 0 aliphatic carbocycles. The molecule has 200 valence electrons. The number of ether oxygens (including phenoxy) is 1. The number of likely N-dealkylation sites (tertiary alicyclic amines) is 1. The smallest absolute Gasteiger partial charge is 0.407 e. The molecule has 37 heavy (non-hydrogen) atoms. The summed E-state index contributed by atoms with van der Waals surface area (Å²) in [5.74, 6) is 0.291. The Morgan fingerprint density at radius 1 is 1.05 bits per heavy atom. The number of carbonyl (C=O) groups excluding carboxylic acids is 2. The average Bonchev–Trinajstić information content (AvgIpc) is 2.91. The van der Waals surface area contributed by atoms with Gasteiger partial charge < -0.3 is 25.2 Å². The molecule has 1 aromatic heterocycles. The number of hydrogen-bond donors (Lipinski definition) is 2. The highest BCUT2D eigenvalue weighted by atomic mass is 19.1. The maximum atomic E-state index is 13.2. The highest BCUT2D eigenvalue weighted by Crippen LogP contribution is 2.19. The molecule has 2 N–H and O–H groups in total. The number of halogens is 1. The van der Waals surface area contributed by atoms with E-state index in [0.29, 0.717) is 44.4 Å². The van der Waals surface area contributed by atoms with Gasteiger partial charge in [0.05, 0.1) is 25.0 Å². The number of aromatic nitrogens is 3. The molecule has 0 spiro atoms. The molecule has 11 nitrogen and oxygen atoms in total. The molecule has 2 aliphatic heterocycles. The number of benzene rings is 1. The van der Waals surface area contributed by atoms with Crippen LogP contribution in [0.4, 0.5) is 15.1 Å². The van der Waals surface area contributed by atoms with Crippen molar-refractivity contribution in [3.8, 4) is 11.3 Å². The van der Waals surface area contributed by atoms with Gasteiger partial charge in [0.1, 0.15) is 5.82 Å². The molecule has 3 heterocycles. The first-order chi connectivity index (χ1) is 18.0. The fourth-order valence-electron chi connectivity index (χ4n) is 4.57. The van der Waals surface area contributed by atoms with E-state index in [1.165, 1.54) is 12.1 Å². The van der Waals surface area contributed by atoms with E-state index in [-0.39, 0.29) is 23.9 Å². The molecule has 2 amide bonds. The second-order valence-electron chi connectivity index (χ2n) is 9.24. The van der Waals surface area contributed by atoms with Crippen molar-refractivity contribution >= 4 is 17.9 Å². The van der Waals surface area contributed by atoms with Crippen LogP contribution in [0, 0.1) is 5.82 Å². The highest BCUT2D eigenvalue weighted by molar-refractivity contribution is 5.78. The number of nitrogens with zero attached hydrogens (tertiary/aromatic N) is 6. The van der Waals surface area contributed by atoms with Gasteiger partial charge in [-0.2, -0.15) is 5.10 Å². The topological polar surface area (TPSA) is 116 Å². The van der Waals surface area contributed by atoms with E-state index in [9.17, 15) is 14.0 Å². The second-order valence-corrected chi connectivity index (χ2v) is 9.24. The predicted octanol–water partition coefficient (Wildman–Crippen LogP) is 1.13. The van der Waals surface area contributed by atoms with Crippen LogP contribution in [0.3, 0.4) is 0 Å². The number of piperazine rings is 1. The Morgan fingerprint density at radius 3 is 2.49 bits per heavy atom. The molecule has 2 aliphatic rings. The molecule has 2 saturated heterocycles. The van der Waals surface area contributed by atoms with E-state index < -0.39 is 0 Å². The van der Waals surface area contributed by atoms with Crippen LogP contribution in [-0.2, 0) is 9.53 Å². The lowest BCUT2D eigenvalue weighted by Gasteiger charge is -2.35. The van der Waals surface area contributed by atoms with Crippen LogP contribution in [0.15, 0.2) is 30.5 Å². The van der Waals surface area contributed by atoms with Gasteiger partial charge in [0.2, 0.25) is 11.9 Å². The van der Waals surface area contributed by atoms with Crippen LogP contribution in [-0.4, -0.2) is 109 Å². The summed E-state index contributed by atoms with van der Waals surface area (Å²) >= 11 is 0. The van der Waals surface area contributed by atoms with Gasteiger partial charge in [-0.25, -0.2) is 14.2 Å². The summed E-state index contributed by atoms with van der Waals surface area (Å²) in [6.07, 6.45) is 2.98. The Balaban J connectivity index is 1.15. The number of nitrogens with one attached hydrogen (secondary N) is 2. The highest BCUT2D eigenvalue weighted by Gasteiger charge is 2.24. The molecule has 1 aromatic carbocycles. The SMILES string of the molecule is CCOC(=O)NCCN1CCC(NC(=O)CN2CCN(c3nncc(-c4ccc(F)cc4)n3)CC2)CC1. The lowest BCUT2D eigenvalue weighted by Crippen LogP contribution is -2.52. The van der Waals surface area contributed by atoms with E-state index in [1.54, 1.807) is 25.3 Å². The van der Waals surface area contributed by atoms with Gasteiger partial charge in [-0.15, -0.1) is 5.10 Å². The van der Waals surface area contributed by atoms with Gasteiger partial charge >= 0.3 is 6.09 Å². The maximum absolute atomic E-state index is 13.2. The van der Waals surface area contributed by atoms with Crippen molar-refractivity contribution in [2.75, 3.05) is 70.4 Å². The Labute approximate surface area is 216 Å². The largest absolute Gasteiger partial charge is 0.450 e. The third-order valence-corrected chi connectivity index (χ3v) is 6.64. The Hall–Kier alpha value is -3.38. The van der Waals surface area contributed by atoms with Crippen molar-refractivity contribution in [2.45, 2.75) is 25.8 Å². The molecule has 0 radical (unpaired) electrons. The second kappa shape index (κ2) is 13.2. The minimum atomic E-state index is -0.381. The molecule has 0 saturated carbocycles. The quantitative estimate of drug-likeness (QED) is 0.508. The van der Waals surface area contributed by atoms with E-state index in [4.69, 9.17) is 4.74 Å². The maximum Gasteiger partial charge on any atom is 0.407 e. The number of alkyl carbamates (subject to hydrolysis) is 1. The van der Waals surface area contributed by atoms with Crippen molar-refractivity contribution in [1.82, 2.24) is 35.6 Å². The zero-order valence-electron chi connectivity index (χ0n) is 21.2. The molecule has 2 fully saturated rings. The monoisotopic (exact) mass is 514 g/mol. The first-order valence-electron chi connectivity index (χ1n) is 12.9. The molecule has 0 atom stereocenters. The summed E-state index contributed by atoms with van der Waals surface area (Å²) in [6.45, 7) is 8.46. The Bertz CT molecular complexity index is 1020. The minimum absolute atomic E-state index is 0.0482. The third kappa shape index (κ3) is 8.05. The van der Waals surface area contributed by atoms with Crippen molar-refractivity contribution in [2.24, 2.45) is 0 Å². The van der Waals surface area contributed by atoms with Gasteiger partial charge in [0.15, 0.2) is 0 Å². The number of amides is 2. The van der Waals surface area contributed by atoms with E-state index in [2.05, 4.69) is 40.5 Å². The van der Waals surface area contributed by atoms with Gasteiger partial charge in [0.25, 0.3) is 0 Å². The molecule has 4 rings (SSSR count). The number of piperidine rings is 1. The summed E-state index contributed by atoms with van der Waals surface area (Å²) in [6, 6.07) is 6.32. The first kappa shape index (κ1) is 26.7. The normalized spacial score (nSPS) is 17.4. The Morgan fingerprint density at radius 2 is 1.78 bits per heavy atom. The predicted molar refractivity (Wildman–Crippen MR) is 137 cm³/mol. The van der Waals surface area contributed by atoms with Crippen molar-refractivity contribution in [3.63, 3.8) is 0 Å². The molecule has 12 heteroatoms. The van der Waals surface area contributed by atoms with Crippen molar-refractivity contribution < 1.29 is 18.7 Å². The van der Waals surface area contributed by atoms with Crippen LogP contribution < -0.4 is 15.5 Å². The van der Waals surface area contributed by atoms with E-state index in [1.807, 2.05) is 0 Å². The van der Waals surface area contributed by atoms with Gasteiger partial charge in [-0.1, -0.05) is 0 Å². The summed E-state index contributed by atoms with van der Waals surface area (Å²) in [5, 5.41) is 14.2. The van der Waals surface area contributed by atoms with Crippen molar-refractivity contribution in [1.29, 1.82) is 0 Å². The summed E-state index contributed by atoms with van der Waals surface area (Å²) in [7, 11) is 0. The third-order valence-electron chi connectivity index (χ3n) is 6.64. The fraction of sp³-hybridized carbons (Fsp3) is 0.560. The number of rotatable bonds is 9. The molecule has 0 unspecified atom stereocenters. The van der Waals surface area contributed by atoms with Crippen LogP contribution in [0.5, 0.6) is 0 Å². The van der Waals surface area contributed by atoms with Gasteiger partial charge in [0, 0.05) is 64.0 Å². The lowest BCUT2D eigenvalue weighted by molar-refractivity contribution is -0.123. The lowest BCUT2D eigenvalue weighted by atomic mass is 10.1. The molecule has 0 bridgehead atoms. The van der Waals surface area contributed by atoms with Crippen molar-refractivity contribution in [3.05, 3.63) is 36.3 Å². The molecule has 2 aromatic rings. The van der Waals surface area contributed by atoms with Crippen LogP contribution >= 0.6 is 0 Å². The zero-order chi connectivity index (χ0) is 26.0. The standard InChI is InChI=1S/C25H35FN8O3/c1-2-37-25(36)27-9-12-32-10-7-21(8-11-32)29-23(35)18-33-13-15-34(16-14-33)24-30-22(17-28-31-24)19-3-5-20(26)6-4-19/h3-6,17,21H,2,7-16,18H2,1H3,(H,27,36)(H,29,35). The average molecular weight is 515 g/mol. The number of anilines is 1. The van der Waals surface area contributed by atoms with Crippen LogP contribution in [0.25, 0.3) is 11.3 Å². The molecular weight excluding hydrogens is 479 g/mol. The van der Waals surface area contributed by atoms with E-state index >= 15 is 0 Å². The zero-order valence-corrected chi connectivity index (χ0v) is 21.2. The van der Waals surface area contributed by atoms with Gasteiger partial charge in [-0.3, -0.25) is 9.69 Å². The summed E-state index contributed by atoms with van der Waals surface area (Å²) in [5.41, 5.74) is 1.43. The van der Waals surface area contributed by atoms with Crippen LogP contribution in [0.2, 0.25) is 0 Å². The van der Waals surface area contributed by atoms with E-state index in [0.717, 1.165) is 51.1 Å². The van der Waals surface area contributed by atoms with Gasteiger partial charge in [-0.05, 0) is 44.0 Å². The molecular formula is C25H35FN8O3. The summed E-state index contributed by atoms with van der Waals surface area (Å²) < 4.78 is 18.1. The first-order valence-corrected chi connectivity index (χ1v) is 12.9. The minimum Gasteiger partial charge on any atom is -0.450 e. The number of hydrogen-bond acceptors (Lipinski definition) is 9. The number of carbonyl (C=O) groups is 2. The Kier molecular flexibility index (Phi) is 9.55. The fourth-order valence-corrected chi connectivity index (χ4v) is 4.57.